The van der Waals surface area contributed by atoms with Crippen LogP contribution in [0.25, 0.3) is 0 Å². The standard InChI is InChI=1S/C12H14N4O2S/c1-17-9-5-3-4-8(11(9)18-2)6-14-16-12-15-10(13)7-19-12/h3-7H,13H2,1-2H3,(H,15,16). The molecule has 7 heteroatoms. The summed E-state index contributed by atoms with van der Waals surface area (Å²) in [6.07, 6.45) is 1.64. The molecular formula is C12H14N4O2S. The third kappa shape index (κ3) is 3.14. The summed E-state index contributed by atoms with van der Waals surface area (Å²) in [5.74, 6) is 1.76. The van der Waals surface area contributed by atoms with Crippen LogP contribution < -0.4 is 20.6 Å². The number of nitrogens with two attached hydrogens (primary N) is 1. The Labute approximate surface area is 114 Å². The molecule has 0 spiro atoms. The average Bonchev–Trinajstić information content (AvgIpc) is 2.84. The Morgan fingerprint density at radius 1 is 1.37 bits per heavy atom. The lowest BCUT2D eigenvalue weighted by molar-refractivity contribution is 0.354. The molecule has 2 aromatic rings. The fourth-order valence-corrected chi connectivity index (χ4v) is 2.06. The Kier molecular flexibility index (Phi) is 4.19. The van der Waals surface area contributed by atoms with E-state index in [1.54, 1.807) is 25.8 Å². The second-order valence-electron chi connectivity index (χ2n) is 3.53. The molecule has 2 rings (SSSR count). The summed E-state index contributed by atoms with van der Waals surface area (Å²) in [4.78, 5) is 4.03. The summed E-state index contributed by atoms with van der Waals surface area (Å²) in [6.45, 7) is 0. The van der Waals surface area contributed by atoms with Crippen LogP contribution in [-0.4, -0.2) is 25.4 Å². The van der Waals surface area contributed by atoms with Gasteiger partial charge in [-0.3, -0.25) is 5.43 Å². The Balaban J connectivity index is 2.14. The van der Waals surface area contributed by atoms with E-state index in [2.05, 4.69) is 15.5 Å². The van der Waals surface area contributed by atoms with Crippen LogP contribution in [0, 0.1) is 0 Å². The molecule has 0 saturated heterocycles. The topological polar surface area (TPSA) is 81.8 Å². The molecule has 0 radical (unpaired) electrons. The molecule has 0 bridgehead atoms. The molecule has 100 valence electrons. The third-order valence-corrected chi connectivity index (χ3v) is 3.08. The minimum Gasteiger partial charge on any atom is -0.493 e. The molecule has 0 saturated carbocycles. The number of nitrogen functional groups attached to an aromatic ring is 1. The van der Waals surface area contributed by atoms with E-state index in [0.29, 0.717) is 22.4 Å². The zero-order chi connectivity index (χ0) is 13.7. The Morgan fingerprint density at radius 2 is 2.21 bits per heavy atom. The molecule has 6 nitrogen and oxygen atoms in total. The van der Waals surface area contributed by atoms with Gasteiger partial charge in [-0.15, -0.1) is 11.3 Å². The van der Waals surface area contributed by atoms with Crippen molar-refractivity contribution in [2.45, 2.75) is 0 Å². The summed E-state index contributed by atoms with van der Waals surface area (Å²) >= 11 is 1.39. The number of thiazole rings is 1. The molecule has 3 N–H and O–H groups in total. The fraction of sp³-hybridized carbons (Fsp3) is 0.167. The lowest BCUT2D eigenvalue weighted by Crippen LogP contribution is -1.96. The number of nitrogens with zero attached hydrogens (tertiary/aromatic N) is 2. The maximum absolute atomic E-state index is 5.52. The minimum absolute atomic E-state index is 0.474. The summed E-state index contributed by atoms with van der Waals surface area (Å²) in [7, 11) is 3.18. The molecule has 0 aliphatic carbocycles. The summed E-state index contributed by atoms with van der Waals surface area (Å²) in [5.41, 5.74) is 9.12. The number of aromatic nitrogens is 1. The van der Waals surface area contributed by atoms with Crippen molar-refractivity contribution in [2.24, 2.45) is 5.10 Å². The monoisotopic (exact) mass is 278 g/mol. The van der Waals surface area contributed by atoms with Crippen LogP contribution in [-0.2, 0) is 0 Å². The minimum atomic E-state index is 0.474. The van der Waals surface area contributed by atoms with Gasteiger partial charge in [0.25, 0.3) is 0 Å². The molecule has 0 atom stereocenters. The maximum atomic E-state index is 5.52. The number of methoxy groups -OCH3 is 2. The van der Waals surface area contributed by atoms with Crippen molar-refractivity contribution < 1.29 is 9.47 Å². The van der Waals surface area contributed by atoms with E-state index < -0.39 is 0 Å². The number of rotatable bonds is 5. The van der Waals surface area contributed by atoms with Crippen LogP contribution >= 0.6 is 11.3 Å². The highest BCUT2D eigenvalue weighted by molar-refractivity contribution is 7.14. The zero-order valence-electron chi connectivity index (χ0n) is 10.6. The first-order chi connectivity index (χ1) is 9.24. The zero-order valence-corrected chi connectivity index (χ0v) is 11.4. The van der Waals surface area contributed by atoms with Crippen LogP contribution in [0.1, 0.15) is 5.56 Å². The number of hydrazone groups is 1. The molecule has 1 aromatic carbocycles. The smallest absolute Gasteiger partial charge is 0.205 e. The SMILES string of the molecule is COc1cccc(C=NNc2nc(N)cs2)c1OC. The quantitative estimate of drug-likeness (QED) is 0.647. The van der Waals surface area contributed by atoms with Gasteiger partial charge >= 0.3 is 0 Å². The number of hydrogen-bond acceptors (Lipinski definition) is 7. The van der Waals surface area contributed by atoms with Crippen molar-refractivity contribution in [1.29, 1.82) is 0 Å². The van der Waals surface area contributed by atoms with Gasteiger partial charge in [-0.25, -0.2) is 4.98 Å². The van der Waals surface area contributed by atoms with E-state index in [1.807, 2.05) is 18.2 Å². The van der Waals surface area contributed by atoms with E-state index in [9.17, 15) is 0 Å². The first-order valence-corrected chi connectivity index (χ1v) is 6.33. The van der Waals surface area contributed by atoms with E-state index >= 15 is 0 Å². The summed E-state index contributed by atoms with van der Waals surface area (Å²) in [6, 6.07) is 5.57. The molecular weight excluding hydrogens is 264 g/mol. The second kappa shape index (κ2) is 6.05. The maximum Gasteiger partial charge on any atom is 0.205 e. The van der Waals surface area contributed by atoms with Crippen LogP contribution in [0.2, 0.25) is 0 Å². The van der Waals surface area contributed by atoms with Gasteiger partial charge in [0.15, 0.2) is 11.5 Å². The van der Waals surface area contributed by atoms with Crippen LogP contribution in [0.3, 0.4) is 0 Å². The largest absolute Gasteiger partial charge is 0.493 e. The van der Waals surface area contributed by atoms with Crippen LogP contribution in [0.5, 0.6) is 11.5 Å². The van der Waals surface area contributed by atoms with Crippen molar-refractivity contribution >= 4 is 28.5 Å². The number of nitrogens with one attached hydrogen (secondary N) is 1. The van der Waals surface area contributed by atoms with Crippen molar-refractivity contribution in [1.82, 2.24) is 4.98 Å². The summed E-state index contributed by atoms with van der Waals surface area (Å²) in [5, 5.41) is 6.47. The number of benzene rings is 1. The van der Waals surface area contributed by atoms with Gasteiger partial charge < -0.3 is 15.2 Å². The van der Waals surface area contributed by atoms with Gasteiger partial charge in [0.05, 0.1) is 20.4 Å². The summed E-state index contributed by atoms with van der Waals surface area (Å²) < 4.78 is 10.5. The van der Waals surface area contributed by atoms with Gasteiger partial charge in [0, 0.05) is 10.9 Å². The predicted molar refractivity (Wildman–Crippen MR) is 77.3 cm³/mol. The van der Waals surface area contributed by atoms with E-state index in [-0.39, 0.29) is 0 Å². The first-order valence-electron chi connectivity index (χ1n) is 5.45. The molecule has 0 amide bonds. The average molecular weight is 278 g/mol. The lowest BCUT2D eigenvalue weighted by atomic mass is 10.2. The molecule has 0 aliphatic rings. The van der Waals surface area contributed by atoms with Gasteiger partial charge in [0.2, 0.25) is 5.13 Å². The third-order valence-electron chi connectivity index (χ3n) is 2.32. The Morgan fingerprint density at radius 3 is 2.84 bits per heavy atom. The first kappa shape index (κ1) is 13.2. The fourth-order valence-electron chi connectivity index (χ4n) is 1.51. The van der Waals surface area contributed by atoms with E-state index in [0.717, 1.165) is 5.56 Å². The Bertz CT molecular complexity index is 583. The molecule has 0 unspecified atom stereocenters. The molecule has 0 fully saturated rings. The van der Waals surface area contributed by atoms with Crippen LogP contribution in [0.15, 0.2) is 28.7 Å². The normalized spacial score (nSPS) is 10.6. The van der Waals surface area contributed by atoms with Gasteiger partial charge in [0.1, 0.15) is 5.82 Å². The van der Waals surface area contributed by atoms with Crippen LogP contribution in [0.4, 0.5) is 10.9 Å². The highest BCUT2D eigenvalue weighted by Gasteiger charge is 2.07. The van der Waals surface area contributed by atoms with E-state index in [4.69, 9.17) is 15.2 Å². The van der Waals surface area contributed by atoms with Gasteiger partial charge in [-0.2, -0.15) is 5.10 Å². The van der Waals surface area contributed by atoms with Crippen molar-refractivity contribution in [3.05, 3.63) is 29.1 Å². The van der Waals surface area contributed by atoms with E-state index in [1.165, 1.54) is 11.3 Å². The molecule has 0 aliphatic heterocycles. The predicted octanol–water partition coefficient (Wildman–Crippen LogP) is 2.19. The highest BCUT2D eigenvalue weighted by atomic mass is 32.1. The lowest BCUT2D eigenvalue weighted by Gasteiger charge is -2.09. The van der Waals surface area contributed by atoms with Gasteiger partial charge in [-0.1, -0.05) is 6.07 Å². The number of ether oxygens (including phenoxy) is 2. The second-order valence-corrected chi connectivity index (χ2v) is 4.39. The highest BCUT2D eigenvalue weighted by Crippen LogP contribution is 2.29. The number of anilines is 2. The van der Waals surface area contributed by atoms with Crippen molar-refractivity contribution in [2.75, 3.05) is 25.4 Å². The number of hydrogen-bond donors (Lipinski definition) is 2. The number of para-hydroxylation sites is 1. The van der Waals surface area contributed by atoms with Crippen molar-refractivity contribution in [3.63, 3.8) is 0 Å². The van der Waals surface area contributed by atoms with Gasteiger partial charge in [-0.05, 0) is 12.1 Å². The molecule has 19 heavy (non-hydrogen) atoms. The molecule has 1 heterocycles. The Hall–Kier alpha value is -2.28. The molecule has 1 aromatic heterocycles. The van der Waals surface area contributed by atoms with Crippen molar-refractivity contribution in [3.8, 4) is 11.5 Å².